The smallest absolute Gasteiger partial charge is 0.409 e. The predicted molar refractivity (Wildman–Crippen MR) is 53.2 cm³/mol. The van der Waals surface area contributed by atoms with Gasteiger partial charge in [0.05, 0.1) is 0 Å². The topological polar surface area (TPSA) is 44.3 Å². The average molecular weight is 190 g/mol. The van der Waals surface area contributed by atoms with Crippen LogP contribution in [-0.4, -0.2) is 10.2 Å². The fourth-order valence-corrected chi connectivity index (χ4v) is 1.55. The first-order valence-electron chi connectivity index (χ1n) is 4.40. The van der Waals surface area contributed by atoms with E-state index in [1.807, 2.05) is 25.1 Å². The molecule has 1 aromatic carbocycles. The fourth-order valence-electron chi connectivity index (χ4n) is 1.55. The van der Waals surface area contributed by atoms with Gasteiger partial charge < -0.3 is 10.2 Å². The second-order valence-corrected chi connectivity index (χ2v) is 3.50. The van der Waals surface area contributed by atoms with Crippen LogP contribution in [0.3, 0.4) is 0 Å². The molecule has 1 heterocycles. The molecule has 0 radical (unpaired) electrons. The Labute approximate surface area is 81.9 Å². The molecule has 1 aromatic heterocycles. The Kier molecular flexibility index (Phi) is 1.81. The van der Waals surface area contributed by atoms with Crippen molar-refractivity contribution in [3.63, 3.8) is 0 Å². The summed E-state index contributed by atoms with van der Waals surface area (Å²) in [7, 11) is 1.69. The van der Waals surface area contributed by atoms with Crippen molar-refractivity contribution in [3.05, 3.63) is 30.0 Å². The molecule has 3 nitrogen and oxygen atoms in total. The molecule has 0 bridgehead atoms. The van der Waals surface area contributed by atoms with Gasteiger partial charge in [0.2, 0.25) is 5.75 Å². The van der Waals surface area contributed by atoms with Crippen LogP contribution in [0.5, 0.6) is 11.6 Å². The second kappa shape index (κ2) is 2.87. The van der Waals surface area contributed by atoms with Crippen LogP contribution in [0, 0.1) is 6.92 Å². The number of aromatic hydroxyl groups is 2. The van der Waals surface area contributed by atoms with Gasteiger partial charge in [0.15, 0.2) is 6.20 Å². The molecule has 0 saturated carbocycles. The minimum Gasteiger partial charge on any atom is -0.499 e. The largest absolute Gasteiger partial charge is 0.499 e. The first-order chi connectivity index (χ1) is 6.59. The highest BCUT2D eigenvalue weighted by Crippen LogP contribution is 2.30. The van der Waals surface area contributed by atoms with E-state index in [1.54, 1.807) is 13.2 Å². The maximum Gasteiger partial charge on any atom is 0.409 e. The van der Waals surface area contributed by atoms with Crippen molar-refractivity contribution in [1.29, 1.82) is 0 Å². The predicted octanol–water partition coefficient (Wildman–Crippen LogP) is 1.38. The lowest BCUT2D eigenvalue weighted by Crippen LogP contribution is -2.27. The maximum atomic E-state index is 9.69. The molecule has 0 aliphatic carbocycles. The number of hydrogen-bond donors (Lipinski definition) is 2. The van der Waals surface area contributed by atoms with Crippen molar-refractivity contribution < 1.29 is 14.8 Å². The Morgan fingerprint density at radius 3 is 2.64 bits per heavy atom. The first-order valence-corrected chi connectivity index (χ1v) is 4.40. The van der Waals surface area contributed by atoms with E-state index in [2.05, 4.69) is 0 Å². The quantitative estimate of drug-likeness (QED) is 0.616. The number of nitrogens with zero attached hydrogens (tertiary/aromatic N) is 1. The number of aryl methyl sites for hydroxylation is 2. The van der Waals surface area contributed by atoms with Crippen molar-refractivity contribution in [2.24, 2.45) is 7.05 Å². The zero-order chi connectivity index (χ0) is 10.3. The van der Waals surface area contributed by atoms with Crippen molar-refractivity contribution in [2.45, 2.75) is 6.92 Å². The van der Waals surface area contributed by atoms with Crippen LogP contribution in [0.4, 0.5) is 0 Å². The number of hydrogen-bond acceptors (Lipinski definition) is 2. The lowest BCUT2D eigenvalue weighted by atomic mass is 10.1. The molecule has 0 aliphatic rings. The molecule has 0 saturated heterocycles. The second-order valence-electron chi connectivity index (χ2n) is 3.50. The van der Waals surface area contributed by atoms with Crippen LogP contribution >= 0.6 is 0 Å². The third-order valence-corrected chi connectivity index (χ3v) is 2.34. The summed E-state index contributed by atoms with van der Waals surface area (Å²) in [5.41, 5.74) is 1.06. The van der Waals surface area contributed by atoms with E-state index >= 15 is 0 Å². The molecule has 0 spiro atoms. The van der Waals surface area contributed by atoms with Crippen LogP contribution in [0.2, 0.25) is 0 Å². The Bertz CT molecular complexity index is 506. The first kappa shape index (κ1) is 8.81. The van der Waals surface area contributed by atoms with Crippen LogP contribution in [0.15, 0.2) is 24.4 Å². The monoisotopic (exact) mass is 190 g/mol. The molecule has 0 unspecified atom stereocenters. The number of rotatable bonds is 0. The highest BCUT2D eigenvalue weighted by Gasteiger charge is 2.15. The highest BCUT2D eigenvalue weighted by molar-refractivity contribution is 5.88. The molecule has 0 aliphatic heterocycles. The van der Waals surface area contributed by atoms with E-state index in [0.29, 0.717) is 5.39 Å². The Hall–Kier alpha value is -1.77. The summed E-state index contributed by atoms with van der Waals surface area (Å²) < 4.78 is 1.49. The number of benzene rings is 1. The van der Waals surface area contributed by atoms with Gasteiger partial charge in [-0.25, -0.2) is 0 Å². The van der Waals surface area contributed by atoms with Gasteiger partial charge in [-0.2, -0.15) is 4.57 Å². The normalized spacial score (nSPS) is 10.7. The van der Waals surface area contributed by atoms with Gasteiger partial charge in [-0.15, -0.1) is 0 Å². The molecule has 3 heteroatoms. The van der Waals surface area contributed by atoms with Gasteiger partial charge in [-0.05, 0) is 19.1 Å². The van der Waals surface area contributed by atoms with Gasteiger partial charge in [-0.1, -0.05) is 11.6 Å². The van der Waals surface area contributed by atoms with Crippen molar-refractivity contribution in [2.75, 3.05) is 0 Å². The lowest BCUT2D eigenvalue weighted by Gasteiger charge is -2.02. The lowest BCUT2D eigenvalue weighted by molar-refractivity contribution is -0.676. The van der Waals surface area contributed by atoms with Crippen molar-refractivity contribution in [3.8, 4) is 11.6 Å². The summed E-state index contributed by atoms with van der Waals surface area (Å²) in [6, 6.07) is 5.74. The summed E-state index contributed by atoms with van der Waals surface area (Å²) in [4.78, 5) is 0. The Balaban J connectivity index is 2.92. The molecule has 14 heavy (non-hydrogen) atoms. The molecular formula is C11H12NO2+. The molecule has 0 atom stereocenters. The average Bonchev–Trinajstić information content (AvgIpc) is 2.16. The molecule has 0 fully saturated rings. The third-order valence-electron chi connectivity index (χ3n) is 2.34. The minimum absolute atomic E-state index is 0.0614. The highest BCUT2D eigenvalue weighted by atomic mass is 16.3. The zero-order valence-corrected chi connectivity index (χ0v) is 8.15. The van der Waals surface area contributed by atoms with Gasteiger partial charge in [0.25, 0.3) is 0 Å². The van der Waals surface area contributed by atoms with Crippen molar-refractivity contribution >= 4 is 10.8 Å². The SMILES string of the molecule is Cc1ccc2c[n+](C)c(O)c(O)c2c1. The summed E-state index contributed by atoms with van der Waals surface area (Å²) in [6.45, 7) is 1.95. The molecular weight excluding hydrogens is 178 g/mol. The van der Waals surface area contributed by atoms with Gasteiger partial charge in [0.1, 0.15) is 7.05 Å². The molecule has 2 rings (SSSR count). The van der Waals surface area contributed by atoms with Gasteiger partial charge >= 0.3 is 5.88 Å². The number of pyridine rings is 1. The van der Waals surface area contributed by atoms with E-state index in [1.165, 1.54) is 4.57 Å². The van der Waals surface area contributed by atoms with Crippen LogP contribution in [0.1, 0.15) is 5.56 Å². The minimum atomic E-state index is -0.108. The summed E-state index contributed by atoms with van der Waals surface area (Å²) in [5, 5.41) is 20.8. The van der Waals surface area contributed by atoms with E-state index in [0.717, 1.165) is 10.9 Å². The standard InChI is InChI=1S/C11H11NO2/c1-7-3-4-8-6-12(2)11(14)10(13)9(8)5-7/h3-6,13H,1-2H3/p+1. The van der Waals surface area contributed by atoms with Gasteiger partial charge in [0, 0.05) is 10.8 Å². The summed E-state index contributed by atoms with van der Waals surface area (Å²) in [6.07, 6.45) is 1.78. The van der Waals surface area contributed by atoms with Crippen LogP contribution < -0.4 is 4.57 Å². The molecule has 2 N–H and O–H groups in total. The van der Waals surface area contributed by atoms with Crippen LogP contribution in [-0.2, 0) is 7.05 Å². The Morgan fingerprint density at radius 1 is 1.21 bits per heavy atom. The molecule has 2 aromatic rings. The summed E-state index contributed by atoms with van der Waals surface area (Å²) >= 11 is 0. The zero-order valence-electron chi connectivity index (χ0n) is 8.15. The molecule has 0 amide bonds. The maximum absolute atomic E-state index is 9.69. The van der Waals surface area contributed by atoms with Gasteiger partial charge in [-0.3, -0.25) is 0 Å². The van der Waals surface area contributed by atoms with E-state index in [9.17, 15) is 10.2 Å². The van der Waals surface area contributed by atoms with Crippen molar-refractivity contribution in [1.82, 2.24) is 0 Å². The van der Waals surface area contributed by atoms with E-state index in [-0.39, 0.29) is 11.6 Å². The summed E-state index contributed by atoms with van der Waals surface area (Å²) in [5.74, 6) is -0.170. The molecule has 72 valence electrons. The van der Waals surface area contributed by atoms with Crippen LogP contribution in [0.25, 0.3) is 10.8 Å². The van der Waals surface area contributed by atoms with E-state index in [4.69, 9.17) is 0 Å². The number of aromatic nitrogens is 1. The third kappa shape index (κ3) is 1.18. The van der Waals surface area contributed by atoms with E-state index < -0.39 is 0 Å². The fraction of sp³-hybridized carbons (Fsp3) is 0.182. The Morgan fingerprint density at radius 2 is 1.93 bits per heavy atom. The number of fused-ring (bicyclic) bond motifs is 1.